The molecule has 0 bridgehead atoms. The molecular formula is C69H134O17P2. The number of carbonyl (C=O) groups excluding carboxylic acids is 4. The number of ether oxygens (including phenoxy) is 4. The van der Waals surface area contributed by atoms with Gasteiger partial charge in [0.1, 0.15) is 19.3 Å². The second-order valence-electron chi connectivity index (χ2n) is 26.3. The Hall–Kier alpha value is -1.94. The number of esters is 4. The van der Waals surface area contributed by atoms with Crippen molar-refractivity contribution in [2.75, 3.05) is 39.6 Å². The molecule has 0 aliphatic carbocycles. The SMILES string of the molecule is CCCCCCCCCCC(=O)OC[C@H](COP(=O)(O)OC[C@H](O)COP(=O)(O)OC[C@@H](COC(=O)CCCCCCCCCCCC(C)C)OC(=O)CCCCCCCCCCCCCCCCC(C)C)OC(=O)CCCCCCCCCCC(C)C. The average molecular weight is 1300 g/mol. The van der Waals surface area contributed by atoms with E-state index in [0.717, 1.165) is 114 Å². The normalized spacial score (nSPS) is 14.2. The molecule has 0 saturated carbocycles. The third kappa shape index (κ3) is 62.8. The summed E-state index contributed by atoms with van der Waals surface area (Å²) in [4.78, 5) is 72.4. The minimum absolute atomic E-state index is 0.104. The van der Waals surface area contributed by atoms with Crippen LogP contribution >= 0.6 is 15.6 Å². The van der Waals surface area contributed by atoms with Gasteiger partial charge in [0.05, 0.1) is 26.4 Å². The summed E-state index contributed by atoms with van der Waals surface area (Å²) in [6.07, 6.45) is 43.2. The molecule has 0 aromatic heterocycles. The van der Waals surface area contributed by atoms with Crippen molar-refractivity contribution < 1.29 is 80.2 Å². The van der Waals surface area contributed by atoms with Crippen molar-refractivity contribution in [3.63, 3.8) is 0 Å². The van der Waals surface area contributed by atoms with Gasteiger partial charge in [0.15, 0.2) is 12.2 Å². The lowest BCUT2D eigenvalue weighted by Crippen LogP contribution is -2.30. The molecule has 0 spiro atoms. The van der Waals surface area contributed by atoms with Gasteiger partial charge in [-0.05, 0) is 43.4 Å². The third-order valence-corrected chi connectivity index (χ3v) is 17.8. The van der Waals surface area contributed by atoms with Gasteiger partial charge in [-0.25, -0.2) is 9.13 Å². The van der Waals surface area contributed by atoms with E-state index in [2.05, 4.69) is 48.5 Å². The van der Waals surface area contributed by atoms with Gasteiger partial charge in [-0.3, -0.25) is 37.3 Å². The Morgan fingerprint density at radius 1 is 0.307 bits per heavy atom. The highest BCUT2D eigenvalue weighted by atomic mass is 31.2. The Morgan fingerprint density at radius 2 is 0.523 bits per heavy atom. The zero-order valence-electron chi connectivity index (χ0n) is 57.2. The molecular weight excluding hydrogens is 1160 g/mol. The molecule has 0 aromatic rings. The summed E-state index contributed by atoms with van der Waals surface area (Å²) in [6.45, 7) is 11.8. The van der Waals surface area contributed by atoms with Crippen LogP contribution in [0.4, 0.5) is 0 Å². The van der Waals surface area contributed by atoms with E-state index in [4.69, 9.17) is 37.0 Å². The number of aliphatic hydroxyl groups excluding tert-OH is 1. The smallest absolute Gasteiger partial charge is 0.462 e. The van der Waals surface area contributed by atoms with Crippen LogP contribution < -0.4 is 0 Å². The lowest BCUT2D eigenvalue weighted by Gasteiger charge is -2.21. The number of phosphoric ester groups is 2. The quantitative estimate of drug-likeness (QED) is 0.0222. The highest BCUT2D eigenvalue weighted by Crippen LogP contribution is 2.45. The largest absolute Gasteiger partial charge is 0.472 e. The summed E-state index contributed by atoms with van der Waals surface area (Å²) in [5.74, 6) is 0.126. The molecule has 2 unspecified atom stereocenters. The highest BCUT2D eigenvalue weighted by Gasteiger charge is 2.30. The molecule has 17 nitrogen and oxygen atoms in total. The number of rotatable bonds is 67. The van der Waals surface area contributed by atoms with Crippen molar-refractivity contribution in [3.05, 3.63) is 0 Å². The first-order valence-electron chi connectivity index (χ1n) is 35.8. The molecule has 0 fully saturated rings. The zero-order chi connectivity index (χ0) is 65.2. The summed E-state index contributed by atoms with van der Waals surface area (Å²) in [5, 5.41) is 10.6. The maximum atomic E-state index is 13.0. The van der Waals surface area contributed by atoms with E-state index in [1.165, 1.54) is 148 Å². The molecule has 5 atom stereocenters. The zero-order valence-corrected chi connectivity index (χ0v) is 59.0. The van der Waals surface area contributed by atoms with Crippen molar-refractivity contribution in [1.82, 2.24) is 0 Å². The molecule has 0 amide bonds. The van der Waals surface area contributed by atoms with E-state index in [1.54, 1.807) is 0 Å². The van der Waals surface area contributed by atoms with Crippen molar-refractivity contribution in [1.29, 1.82) is 0 Å². The number of phosphoric acid groups is 2. The van der Waals surface area contributed by atoms with Crippen LogP contribution in [0.25, 0.3) is 0 Å². The first kappa shape index (κ1) is 86.1. The first-order chi connectivity index (χ1) is 42.2. The van der Waals surface area contributed by atoms with Gasteiger partial charge in [0, 0.05) is 25.7 Å². The van der Waals surface area contributed by atoms with Crippen LogP contribution in [0.15, 0.2) is 0 Å². The topological polar surface area (TPSA) is 237 Å². The van der Waals surface area contributed by atoms with E-state index in [-0.39, 0.29) is 25.7 Å². The fraction of sp³-hybridized carbons (Fsp3) is 0.942. The molecule has 522 valence electrons. The average Bonchev–Trinajstić information content (AvgIpc) is 3.69. The van der Waals surface area contributed by atoms with Gasteiger partial charge in [0.25, 0.3) is 0 Å². The predicted molar refractivity (Wildman–Crippen MR) is 354 cm³/mol. The van der Waals surface area contributed by atoms with Crippen LogP contribution in [0.3, 0.4) is 0 Å². The molecule has 19 heteroatoms. The second kappa shape index (κ2) is 60.0. The number of hydrogen-bond acceptors (Lipinski definition) is 15. The molecule has 0 radical (unpaired) electrons. The Bertz CT molecular complexity index is 1730. The maximum Gasteiger partial charge on any atom is 0.472 e. The molecule has 88 heavy (non-hydrogen) atoms. The van der Waals surface area contributed by atoms with Crippen molar-refractivity contribution in [2.24, 2.45) is 17.8 Å². The van der Waals surface area contributed by atoms with Crippen LogP contribution in [0.2, 0.25) is 0 Å². The van der Waals surface area contributed by atoms with Gasteiger partial charge in [0.2, 0.25) is 0 Å². The van der Waals surface area contributed by atoms with Gasteiger partial charge in [-0.1, -0.05) is 292 Å². The minimum atomic E-state index is -4.95. The van der Waals surface area contributed by atoms with Crippen LogP contribution in [0.5, 0.6) is 0 Å². The fourth-order valence-electron chi connectivity index (χ4n) is 10.4. The van der Waals surface area contributed by atoms with Crippen LogP contribution in [0, 0.1) is 17.8 Å². The van der Waals surface area contributed by atoms with E-state index in [9.17, 15) is 43.2 Å². The molecule has 0 rings (SSSR count). The summed E-state index contributed by atoms with van der Waals surface area (Å²) in [6, 6.07) is 0. The van der Waals surface area contributed by atoms with Crippen LogP contribution in [-0.4, -0.2) is 96.7 Å². The standard InChI is InChI=1S/C69H134O17P2/c1-8-9-10-11-12-29-36-43-50-66(71)79-56-64(86-69(74)53-46-39-32-25-24-28-35-42-49-62(6)7)58-83-87(75,76)81-54-63(70)55-82-88(77,78)84-59-65(57-80-67(72)51-44-37-30-23-19-21-27-34-41-48-61(4)5)85-68(73)52-45-38-31-22-18-16-14-13-15-17-20-26-33-40-47-60(2)3/h60-65,70H,8-59H2,1-7H3,(H,75,76)(H,77,78)/t63-,64+,65+/m0/s1. The Morgan fingerprint density at radius 3 is 0.773 bits per heavy atom. The van der Waals surface area contributed by atoms with Crippen molar-refractivity contribution in [2.45, 2.75) is 362 Å². The Labute approximate surface area is 537 Å². The summed E-state index contributed by atoms with van der Waals surface area (Å²) >= 11 is 0. The molecule has 0 heterocycles. The Balaban J connectivity index is 5.22. The van der Waals surface area contributed by atoms with Gasteiger partial charge in [-0.15, -0.1) is 0 Å². The molecule has 0 aliphatic heterocycles. The maximum absolute atomic E-state index is 13.0. The second-order valence-corrected chi connectivity index (χ2v) is 29.3. The van der Waals surface area contributed by atoms with Gasteiger partial charge in [-0.2, -0.15) is 0 Å². The Kier molecular flexibility index (Phi) is 58.7. The van der Waals surface area contributed by atoms with E-state index >= 15 is 0 Å². The summed E-state index contributed by atoms with van der Waals surface area (Å²) in [5.41, 5.74) is 0. The van der Waals surface area contributed by atoms with E-state index in [0.29, 0.717) is 25.7 Å². The third-order valence-electron chi connectivity index (χ3n) is 15.9. The van der Waals surface area contributed by atoms with Gasteiger partial charge >= 0.3 is 39.5 Å². The lowest BCUT2D eigenvalue weighted by atomic mass is 10.0. The number of aliphatic hydroxyl groups is 1. The molecule has 0 saturated heterocycles. The summed E-state index contributed by atoms with van der Waals surface area (Å²) < 4.78 is 68.2. The number of carbonyl (C=O) groups is 4. The monoisotopic (exact) mass is 1300 g/mol. The van der Waals surface area contributed by atoms with E-state index < -0.39 is 97.5 Å². The van der Waals surface area contributed by atoms with Crippen molar-refractivity contribution in [3.8, 4) is 0 Å². The number of hydrogen-bond donors (Lipinski definition) is 3. The summed E-state index contributed by atoms with van der Waals surface area (Å²) in [7, 11) is -9.90. The minimum Gasteiger partial charge on any atom is -0.462 e. The van der Waals surface area contributed by atoms with Crippen LogP contribution in [0.1, 0.15) is 344 Å². The molecule has 3 N–H and O–H groups in total. The predicted octanol–water partition coefficient (Wildman–Crippen LogP) is 19.5. The number of unbranched alkanes of at least 4 members (excludes halogenated alkanes) is 35. The molecule has 0 aliphatic rings. The van der Waals surface area contributed by atoms with Gasteiger partial charge < -0.3 is 33.8 Å². The van der Waals surface area contributed by atoms with Crippen LogP contribution in [-0.2, 0) is 65.4 Å². The van der Waals surface area contributed by atoms with E-state index in [1.807, 2.05) is 0 Å². The lowest BCUT2D eigenvalue weighted by molar-refractivity contribution is -0.161. The molecule has 0 aromatic carbocycles. The highest BCUT2D eigenvalue weighted by molar-refractivity contribution is 7.47. The van der Waals surface area contributed by atoms with Crippen molar-refractivity contribution >= 4 is 39.5 Å². The fourth-order valence-corrected chi connectivity index (χ4v) is 11.9. The first-order valence-corrected chi connectivity index (χ1v) is 38.8.